The fourth-order valence-corrected chi connectivity index (χ4v) is 3.14. The smallest absolute Gasteiger partial charge is 0.262 e. The van der Waals surface area contributed by atoms with Gasteiger partial charge in [-0.2, -0.15) is 0 Å². The molecule has 1 atom stereocenters. The van der Waals surface area contributed by atoms with Gasteiger partial charge in [-0.05, 0) is 47.0 Å². The molecule has 0 fully saturated rings. The molecule has 4 nitrogen and oxygen atoms in total. The molecule has 2 aromatic rings. The third kappa shape index (κ3) is 2.42. The van der Waals surface area contributed by atoms with Crippen molar-refractivity contribution in [2.24, 2.45) is 0 Å². The lowest BCUT2D eigenvalue weighted by molar-refractivity contribution is 0.0982. The summed E-state index contributed by atoms with van der Waals surface area (Å²) in [6, 6.07) is 10.0. The zero-order chi connectivity index (χ0) is 15.0. The van der Waals surface area contributed by atoms with Gasteiger partial charge >= 0.3 is 0 Å². The van der Waals surface area contributed by atoms with Crippen LogP contribution in [0.4, 0.5) is 11.5 Å². The van der Waals surface area contributed by atoms with Crippen molar-refractivity contribution in [2.75, 3.05) is 17.3 Å². The first kappa shape index (κ1) is 14.1. The Hall–Kier alpha value is -1.88. The Balaban J connectivity index is 2.05. The van der Waals surface area contributed by atoms with E-state index in [2.05, 4.69) is 39.2 Å². The number of hydrogen-bond donors (Lipinski definition) is 1. The maximum absolute atomic E-state index is 13.0. The van der Waals surface area contributed by atoms with E-state index in [1.54, 1.807) is 13.2 Å². The molecular weight excluding hydrogens is 330 g/mol. The zero-order valence-electron chi connectivity index (χ0n) is 11.9. The topological polar surface area (TPSA) is 45.2 Å². The monoisotopic (exact) mass is 345 g/mol. The fraction of sp³-hybridized carbons (Fsp3) is 0.250. The molecular formula is C16H16BrN3O. The van der Waals surface area contributed by atoms with Crippen LogP contribution in [0.15, 0.2) is 41.0 Å². The predicted octanol–water partition coefficient (Wildman–Crippen LogP) is 3.48. The Labute approximate surface area is 132 Å². The molecule has 0 aliphatic carbocycles. The van der Waals surface area contributed by atoms with Crippen LogP contribution < -0.4 is 10.2 Å². The Morgan fingerprint density at radius 3 is 2.95 bits per heavy atom. The summed E-state index contributed by atoms with van der Waals surface area (Å²) in [6.07, 6.45) is 2.57. The van der Waals surface area contributed by atoms with E-state index in [9.17, 15) is 4.79 Å². The van der Waals surface area contributed by atoms with Crippen molar-refractivity contribution in [3.63, 3.8) is 0 Å². The van der Waals surface area contributed by atoms with Crippen molar-refractivity contribution in [3.05, 3.63) is 52.1 Å². The first-order chi connectivity index (χ1) is 10.1. The minimum absolute atomic E-state index is 0.0226. The highest BCUT2D eigenvalue weighted by Gasteiger charge is 2.32. The van der Waals surface area contributed by atoms with Gasteiger partial charge in [0.1, 0.15) is 5.82 Å². The molecule has 108 valence electrons. The van der Waals surface area contributed by atoms with E-state index in [0.717, 1.165) is 16.6 Å². The van der Waals surface area contributed by atoms with Crippen molar-refractivity contribution >= 4 is 33.3 Å². The van der Waals surface area contributed by atoms with Crippen LogP contribution in [0.2, 0.25) is 0 Å². The maximum atomic E-state index is 13.0. The van der Waals surface area contributed by atoms with Crippen LogP contribution in [0.3, 0.4) is 0 Å². The highest BCUT2D eigenvalue weighted by Crippen LogP contribution is 2.34. The minimum atomic E-state index is -0.0226. The van der Waals surface area contributed by atoms with E-state index in [1.165, 1.54) is 5.56 Å². The third-order valence-electron chi connectivity index (χ3n) is 3.75. The van der Waals surface area contributed by atoms with E-state index >= 15 is 0 Å². The highest BCUT2D eigenvalue weighted by atomic mass is 79.9. The quantitative estimate of drug-likeness (QED) is 0.906. The molecule has 3 rings (SSSR count). The zero-order valence-corrected chi connectivity index (χ0v) is 13.5. The van der Waals surface area contributed by atoms with Gasteiger partial charge in [-0.3, -0.25) is 4.79 Å². The molecule has 1 amide bonds. The molecule has 1 aromatic carbocycles. The first-order valence-electron chi connectivity index (χ1n) is 6.86. The van der Waals surface area contributed by atoms with Gasteiger partial charge in [0.15, 0.2) is 0 Å². The molecule has 5 heteroatoms. The van der Waals surface area contributed by atoms with Crippen LogP contribution >= 0.6 is 15.9 Å². The van der Waals surface area contributed by atoms with Crippen molar-refractivity contribution < 1.29 is 4.79 Å². The number of amides is 1. The molecule has 0 radical (unpaired) electrons. The Morgan fingerprint density at radius 2 is 2.19 bits per heavy atom. The second-order valence-electron chi connectivity index (χ2n) is 5.16. The Morgan fingerprint density at radius 1 is 1.43 bits per heavy atom. The van der Waals surface area contributed by atoms with Crippen LogP contribution in [0.1, 0.15) is 22.8 Å². The lowest BCUT2D eigenvalue weighted by atomic mass is 10.1. The number of aromatic nitrogens is 1. The molecule has 2 heterocycles. The second-order valence-corrected chi connectivity index (χ2v) is 6.07. The van der Waals surface area contributed by atoms with E-state index in [-0.39, 0.29) is 11.9 Å². The van der Waals surface area contributed by atoms with Crippen LogP contribution in [0.5, 0.6) is 0 Å². The normalized spacial score (nSPS) is 16.7. The number of benzene rings is 1. The lowest BCUT2D eigenvalue weighted by Gasteiger charge is -2.23. The molecule has 1 aliphatic rings. The van der Waals surface area contributed by atoms with Crippen LogP contribution in [0, 0.1) is 0 Å². The number of nitrogens with zero attached hydrogens (tertiary/aromatic N) is 2. The molecule has 0 saturated heterocycles. The number of para-hydroxylation sites is 1. The number of nitrogens with one attached hydrogen (secondary N) is 1. The highest BCUT2D eigenvalue weighted by molar-refractivity contribution is 9.10. The number of carbonyl (C=O) groups is 1. The molecule has 1 aromatic heterocycles. The van der Waals surface area contributed by atoms with Gasteiger partial charge in [0.2, 0.25) is 0 Å². The largest absolute Gasteiger partial charge is 0.372 e. The van der Waals surface area contributed by atoms with Gasteiger partial charge in [-0.1, -0.05) is 18.2 Å². The standard InChI is InChI=1S/C16H16BrN3O/c1-10-7-11-5-3-4-6-14(11)20(10)16(21)13-8-12(17)9-19-15(13)18-2/h3-6,8-10H,7H2,1-2H3,(H,18,19). The molecule has 1 unspecified atom stereocenters. The van der Waals surface area contributed by atoms with Gasteiger partial charge in [0, 0.05) is 29.4 Å². The average Bonchev–Trinajstić information content (AvgIpc) is 2.82. The molecule has 21 heavy (non-hydrogen) atoms. The van der Waals surface area contributed by atoms with Gasteiger partial charge in [0.25, 0.3) is 5.91 Å². The summed E-state index contributed by atoms with van der Waals surface area (Å²) in [5.41, 5.74) is 2.79. The molecule has 0 spiro atoms. The molecule has 1 aliphatic heterocycles. The van der Waals surface area contributed by atoms with Gasteiger partial charge in [0.05, 0.1) is 5.56 Å². The van der Waals surface area contributed by atoms with Crippen molar-refractivity contribution in [3.8, 4) is 0 Å². The van der Waals surface area contributed by atoms with Gasteiger partial charge in [-0.15, -0.1) is 0 Å². The van der Waals surface area contributed by atoms with Crippen molar-refractivity contribution in [1.82, 2.24) is 4.98 Å². The third-order valence-corrected chi connectivity index (χ3v) is 4.18. The van der Waals surface area contributed by atoms with Crippen molar-refractivity contribution in [1.29, 1.82) is 0 Å². The van der Waals surface area contributed by atoms with Gasteiger partial charge in [-0.25, -0.2) is 4.98 Å². The number of pyridine rings is 1. The number of anilines is 2. The summed E-state index contributed by atoms with van der Waals surface area (Å²) in [4.78, 5) is 19.1. The summed E-state index contributed by atoms with van der Waals surface area (Å²) in [6.45, 7) is 2.07. The SMILES string of the molecule is CNc1ncc(Br)cc1C(=O)N1c2ccccc2CC1C. The van der Waals surface area contributed by atoms with Gasteiger partial charge < -0.3 is 10.2 Å². The maximum Gasteiger partial charge on any atom is 0.262 e. The summed E-state index contributed by atoms with van der Waals surface area (Å²) in [5, 5.41) is 2.99. The fourth-order valence-electron chi connectivity index (χ4n) is 2.81. The van der Waals surface area contributed by atoms with E-state index in [4.69, 9.17) is 0 Å². The van der Waals surface area contributed by atoms with E-state index < -0.39 is 0 Å². The van der Waals surface area contributed by atoms with Crippen LogP contribution in [-0.2, 0) is 6.42 Å². The predicted molar refractivity (Wildman–Crippen MR) is 87.9 cm³/mol. The second kappa shape index (κ2) is 5.48. The number of fused-ring (bicyclic) bond motifs is 1. The number of hydrogen-bond acceptors (Lipinski definition) is 3. The Kier molecular flexibility index (Phi) is 3.68. The number of halogens is 1. The van der Waals surface area contributed by atoms with Crippen LogP contribution in [0.25, 0.3) is 0 Å². The Bertz CT molecular complexity index is 702. The number of carbonyl (C=O) groups excluding carboxylic acids is 1. The summed E-state index contributed by atoms with van der Waals surface area (Å²) < 4.78 is 0.796. The average molecular weight is 346 g/mol. The van der Waals surface area contributed by atoms with E-state index in [1.807, 2.05) is 29.2 Å². The molecule has 0 bridgehead atoms. The first-order valence-corrected chi connectivity index (χ1v) is 7.66. The summed E-state index contributed by atoms with van der Waals surface area (Å²) >= 11 is 3.39. The molecule has 1 N–H and O–H groups in total. The minimum Gasteiger partial charge on any atom is -0.372 e. The van der Waals surface area contributed by atoms with Crippen molar-refractivity contribution in [2.45, 2.75) is 19.4 Å². The van der Waals surface area contributed by atoms with Crippen LogP contribution in [-0.4, -0.2) is 24.0 Å². The molecule has 0 saturated carbocycles. The number of rotatable bonds is 2. The summed E-state index contributed by atoms with van der Waals surface area (Å²) in [7, 11) is 1.77. The lowest BCUT2D eigenvalue weighted by Crippen LogP contribution is -2.36. The van der Waals surface area contributed by atoms with E-state index in [0.29, 0.717) is 11.4 Å². The summed E-state index contributed by atoms with van der Waals surface area (Å²) in [5.74, 6) is 0.574.